The van der Waals surface area contributed by atoms with Crippen LogP contribution in [-0.4, -0.2) is 10.2 Å². The smallest absolute Gasteiger partial charge is 0.134 e. The van der Waals surface area contributed by atoms with Gasteiger partial charge in [0.25, 0.3) is 0 Å². The first-order valence-electron chi connectivity index (χ1n) is 5.63. The number of aromatic nitrogens is 2. The van der Waals surface area contributed by atoms with Gasteiger partial charge >= 0.3 is 0 Å². The van der Waals surface area contributed by atoms with Crippen molar-refractivity contribution in [2.24, 2.45) is 5.84 Å². The number of H-pyrrole nitrogens is 1. The van der Waals surface area contributed by atoms with Gasteiger partial charge in [0.05, 0.1) is 6.20 Å². The molecule has 0 saturated carbocycles. The Hall–Kier alpha value is -2.38. The number of nitrogens with zero attached hydrogens (tertiary/aromatic N) is 1. The summed E-state index contributed by atoms with van der Waals surface area (Å²) in [5, 5.41) is 7.13. The van der Waals surface area contributed by atoms with Gasteiger partial charge in [-0.2, -0.15) is 5.10 Å². The van der Waals surface area contributed by atoms with Gasteiger partial charge < -0.3 is 10.2 Å². The Balaban J connectivity index is 2.09. The minimum Gasteiger partial charge on any atom is -0.459 e. The number of benzene rings is 1. The van der Waals surface area contributed by atoms with Crippen LogP contribution in [0.1, 0.15) is 17.4 Å². The van der Waals surface area contributed by atoms with Crippen LogP contribution in [0.2, 0.25) is 0 Å². The molecule has 0 bridgehead atoms. The van der Waals surface area contributed by atoms with Gasteiger partial charge in [-0.1, -0.05) is 0 Å². The van der Waals surface area contributed by atoms with Gasteiger partial charge in [0.1, 0.15) is 29.0 Å². The molecule has 1 atom stereocenters. The monoisotopic (exact) mass is 261 g/mol. The number of halogens is 1. The highest BCUT2D eigenvalue weighted by molar-refractivity contribution is 5.78. The number of hydrogen-bond acceptors (Lipinski definition) is 5. The van der Waals surface area contributed by atoms with E-state index in [-0.39, 0.29) is 5.82 Å². The molecule has 6 nitrogen and oxygen atoms in total. The summed E-state index contributed by atoms with van der Waals surface area (Å²) < 4.78 is 18.8. The highest BCUT2D eigenvalue weighted by Crippen LogP contribution is 2.29. The molecule has 1 aromatic carbocycles. The molecular weight excluding hydrogens is 249 g/mol. The summed E-state index contributed by atoms with van der Waals surface area (Å²) in [6, 6.07) is 5.58. The zero-order chi connectivity index (χ0) is 13.4. The van der Waals surface area contributed by atoms with E-state index in [1.54, 1.807) is 18.3 Å². The van der Waals surface area contributed by atoms with Crippen molar-refractivity contribution in [3.05, 3.63) is 47.6 Å². The van der Waals surface area contributed by atoms with Crippen LogP contribution < -0.4 is 17.0 Å². The maximum Gasteiger partial charge on any atom is 0.134 e. The molecule has 98 valence electrons. The number of nitrogens with two attached hydrogens (primary N) is 2. The third-order valence-corrected chi connectivity index (χ3v) is 2.96. The van der Waals surface area contributed by atoms with E-state index in [0.29, 0.717) is 28.1 Å². The highest BCUT2D eigenvalue weighted by atomic mass is 19.1. The molecule has 0 aliphatic carbocycles. The van der Waals surface area contributed by atoms with Crippen LogP contribution in [0.25, 0.3) is 11.0 Å². The first-order chi connectivity index (χ1) is 9.19. The van der Waals surface area contributed by atoms with Gasteiger partial charge in [-0.15, -0.1) is 0 Å². The van der Waals surface area contributed by atoms with E-state index in [1.165, 1.54) is 12.1 Å². The van der Waals surface area contributed by atoms with Crippen LogP contribution in [0.5, 0.6) is 0 Å². The molecule has 0 fully saturated rings. The molecular formula is C12H12FN5O. The highest BCUT2D eigenvalue weighted by Gasteiger charge is 2.21. The van der Waals surface area contributed by atoms with Crippen LogP contribution in [-0.2, 0) is 0 Å². The normalized spacial score (nSPS) is 12.9. The number of anilines is 1. The molecule has 2 heterocycles. The third kappa shape index (κ3) is 1.94. The second-order valence-electron chi connectivity index (χ2n) is 4.17. The van der Waals surface area contributed by atoms with Gasteiger partial charge in [-0.05, 0) is 24.3 Å². The van der Waals surface area contributed by atoms with E-state index in [1.807, 2.05) is 0 Å². The van der Waals surface area contributed by atoms with Crippen molar-refractivity contribution < 1.29 is 8.81 Å². The number of furan rings is 1. The Morgan fingerprint density at radius 3 is 2.89 bits per heavy atom. The van der Waals surface area contributed by atoms with Gasteiger partial charge in [-0.25, -0.2) is 9.82 Å². The Kier molecular flexibility index (Phi) is 2.69. The molecule has 1 unspecified atom stereocenters. The van der Waals surface area contributed by atoms with E-state index >= 15 is 0 Å². The number of rotatable bonds is 3. The standard InChI is InChI=1S/C12H12FN5O/c13-7-1-2-9-6(3-7)4-10(19-9)11(17-15)8-5-16-18-12(8)14/h1-5,11,17H,15H2,(H3,14,16,18). The maximum atomic E-state index is 13.1. The molecule has 7 heteroatoms. The molecule has 2 aromatic heterocycles. The van der Waals surface area contributed by atoms with E-state index in [9.17, 15) is 4.39 Å². The SMILES string of the molecule is NNC(c1cc2cc(F)ccc2o1)c1cn[nH]c1N. The second-order valence-corrected chi connectivity index (χ2v) is 4.17. The van der Waals surface area contributed by atoms with Crippen molar-refractivity contribution >= 4 is 16.8 Å². The summed E-state index contributed by atoms with van der Waals surface area (Å²) in [5.41, 5.74) is 9.62. The molecule has 0 aliphatic heterocycles. The molecule has 0 spiro atoms. The van der Waals surface area contributed by atoms with Crippen LogP contribution >= 0.6 is 0 Å². The van der Waals surface area contributed by atoms with Gasteiger partial charge in [-0.3, -0.25) is 10.9 Å². The van der Waals surface area contributed by atoms with E-state index in [4.69, 9.17) is 16.0 Å². The first-order valence-corrected chi connectivity index (χ1v) is 5.63. The lowest BCUT2D eigenvalue weighted by molar-refractivity contribution is 0.478. The van der Waals surface area contributed by atoms with E-state index < -0.39 is 6.04 Å². The maximum absolute atomic E-state index is 13.1. The number of hydrogen-bond donors (Lipinski definition) is 4. The molecule has 19 heavy (non-hydrogen) atoms. The van der Waals surface area contributed by atoms with Crippen molar-refractivity contribution in [2.45, 2.75) is 6.04 Å². The summed E-state index contributed by atoms with van der Waals surface area (Å²) >= 11 is 0. The van der Waals surface area contributed by atoms with Crippen LogP contribution in [0.4, 0.5) is 10.2 Å². The third-order valence-electron chi connectivity index (χ3n) is 2.96. The summed E-state index contributed by atoms with van der Waals surface area (Å²) in [4.78, 5) is 0. The number of aromatic amines is 1. The summed E-state index contributed by atoms with van der Waals surface area (Å²) in [5.74, 6) is 6.15. The lowest BCUT2D eigenvalue weighted by atomic mass is 10.1. The number of fused-ring (bicyclic) bond motifs is 1. The predicted octanol–water partition coefficient (Wildman–Crippen LogP) is 1.43. The number of nitrogens with one attached hydrogen (secondary N) is 2. The number of nitrogen functional groups attached to an aromatic ring is 1. The van der Waals surface area contributed by atoms with Crippen LogP contribution in [0, 0.1) is 5.82 Å². The second kappa shape index (κ2) is 4.38. The zero-order valence-corrected chi connectivity index (χ0v) is 9.85. The van der Waals surface area contributed by atoms with E-state index in [0.717, 1.165) is 0 Å². The van der Waals surface area contributed by atoms with Crippen LogP contribution in [0.3, 0.4) is 0 Å². The van der Waals surface area contributed by atoms with Crippen molar-refractivity contribution in [3.63, 3.8) is 0 Å². The fraction of sp³-hybridized carbons (Fsp3) is 0.0833. The molecule has 3 aromatic rings. The van der Waals surface area contributed by atoms with E-state index in [2.05, 4.69) is 15.6 Å². The molecule has 0 saturated heterocycles. The zero-order valence-electron chi connectivity index (χ0n) is 9.85. The Morgan fingerprint density at radius 1 is 1.37 bits per heavy atom. The number of hydrazine groups is 1. The van der Waals surface area contributed by atoms with Gasteiger partial charge in [0.2, 0.25) is 0 Å². The summed E-state index contributed by atoms with van der Waals surface area (Å²) in [6.45, 7) is 0. The minimum atomic E-state index is -0.450. The Morgan fingerprint density at radius 2 is 2.21 bits per heavy atom. The Bertz CT molecular complexity index is 720. The summed E-state index contributed by atoms with van der Waals surface area (Å²) in [7, 11) is 0. The van der Waals surface area contributed by atoms with Gasteiger partial charge in [0, 0.05) is 10.9 Å². The largest absolute Gasteiger partial charge is 0.459 e. The average molecular weight is 261 g/mol. The first kappa shape index (κ1) is 11.7. The molecule has 0 aliphatic rings. The quantitative estimate of drug-likeness (QED) is 0.421. The fourth-order valence-corrected chi connectivity index (χ4v) is 2.04. The van der Waals surface area contributed by atoms with Gasteiger partial charge in [0.15, 0.2) is 0 Å². The molecule has 6 N–H and O–H groups in total. The van der Waals surface area contributed by atoms with Crippen molar-refractivity contribution in [3.8, 4) is 0 Å². The molecule has 3 rings (SSSR count). The average Bonchev–Trinajstić information content (AvgIpc) is 2.97. The van der Waals surface area contributed by atoms with Crippen molar-refractivity contribution in [2.75, 3.05) is 5.73 Å². The minimum absolute atomic E-state index is 0.320. The molecule has 0 radical (unpaired) electrons. The Labute approximate surface area is 107 Å². The van der Waals surface area contributed by atoms with Crippen molar-refractivity contribution in [1.82, 2.24) is 15.6 Å². The predicted molar refractivity (Wildman–Crippen MR) is 68.3 cm³/mol. The fourth-order valence-electron chi connectivity index (χ4n) is 2.04. The lowest BCUT2D eigenvalue weighted by Gasteiger charge is -2.11. The lowest BCUT2D eigenvalue weighted by Crippen LogP contribution is -2.28. The van der Waals surface area contributed by atoms with Crippen molar-refractivity contribution in [1.29, 1.82) is 0 Å². The summed E-state index contributed by atoms with van der Waals surface area (Å²) in [6.07, 6.45) is 1.56. The van der Waals surface area contributed by atoms with Crippen LogP contribution in [0.15, 0.2) is 34.9 Å². The topological polar surface area (TPSA) is 106 Å². The molecule has 0 amide bonds.